The van der Waals surface area contributed by atoms with Crippen molar-refractivity contribution in [3.8, 4) is 0 Å². The molecule has 1 aliphatic heterocycles. The van der Waals surface area contributed by atoms with Crippen LogP contribution in [-0.2, 0) is 6.18 Å². The molecule has 1 aromatic rings. The van der Waals surface area contributed by atoms with Gasteiger partial charge >= 0.3 is 12.2 Å². The summed E-state index contributed by atoms with van der Waals surface area (Å²) < 4.78 is 37.6. The number of urea groups is 1. The average molecular weight is 313 g/mol. The van der Waals surface area contributed by atoms with Crippen molar-refractivity contribution < 1.29 is 18.0 Å². The third-order valence-corrected chi connectivity index (χ3v) is 4.03. The van der Waals surface area contributed by atoms with E-state index >= 15 is 0 Å². The smallest absolute Gasteiger partial charge is 0.368 e. The molecular formula is C15H18F3N3O. The molecule has 0 radical (unpaired) electrons. The van der Waals surface area contributed by atoms with Gasteiger partial charge in [0.2, 0.25) is 0 Å². The zero-order valence-corrected chi connectivity index (χ0v) is 12.1. The number of carbonyl (C=O) groups excluding carboxylic acids is 1. The van der Waals surface area contributed by atoms with Gasteiger partial charge in [-0.3, -0.25) is 0 Å². The maximum Gasteiger partial charge on any atom is 0.416 e. The highest BCUT2D eigenvalue weighted by Gasteiger charge is 2.31. The molecule has 1 aliphatic carbocycles. The molecule has 1 saturated carbocycles. The first-order valence-electron chi connectivity index (χ1n) is 7.41. The van der Waals surface area contributed by atoms with E-state index in [-0.39, 0.29) is 6.03 Å². The minimum absolute atomic E-state index is 0.0328. The maximum absolute atomic E-state index is 12.5. The topological polar surface area (TPSA) is 35.6 Å². The fraction of sp³-hybridized carbons (Fsp3) is 0.533. The summed E-state index contributed by atoms with van der Waals surface area (Å²) in [6.07, 6.45) is -2.20. The second-order valence-corrected chi connectivity index (χ2v) is 5.74. The minimum atomic E-state index is -4.31. The Morgan fingerprint density at radius 2 is 1.64 bits per heavy atom. The van der Waals surface area contributed by atoms with Crippen molar-refractivity contribution in [1.29, 1.82) is 0 Å². The fourth-order valence-corrected chi connectivity index (χ4v) is 2.52. The zero-order valence-electron chi connectivity index (χ0n) is 12.1. The van der Waals surface area contributed by atoms with Crippen LogP contribution in [-0.4, -0.2) is 43.2 Å². The molecule has 7 heteroatoms. The van der Waals surface area contributed by atoms with Crippen LogP contribution in [0.3, 0.4) is 0 Å². The molecule has 3 rings (SSSR count). The van der Waals surface area contributed by atoms with Gasteiger partial charge in [0.1, 0.15) is 0 Å². The molecule has 0 spiro atoms. The number of benzene rings is 1. The quantitative estimate of drug-likeness (QED) is 0.911. The van der Waals surface area contributed by atoms with E-state index in [0.717, 1.165) is 30.7 Å². The van der Waals surface area contributed by atoms with E-state index in [1.165, 1.54) is 12.1 Å². The molecule has 0 bridgehead atoms. The van der Waals surface area contributed by atoms with Crippen LogP contribution < -0.4 is 10.2 Å². The number of nitrogens with one attached hydrogen (secondary N) is 1. The van der Waals surface area contributed by atoms with Crippen molar-refractivity contribution in [3.63, 3.8) is 0 Å². The van der Waals surface area contributed by atoms with Gasteiger partial charge < -0.3 is 15.1 Å². The lowest BCUT2D eigenvalue weighted by atomic mass is 10.1. The first-order valence-corrected chi connectivity index (χ1v) is 7.41. The lowest BCUT2D eigenvalue weighted by molar-refractivity contribution is -0.137. The highest BCUT2D eigenvalue weighted by molar-refractivity contribution is 5.75. The van der Waals surface area contributed by atoms with Gasteiger partial charge in [0.05, 0.1) is 5.56 Å². The van der Waals surface area contributed by atoms with Gasteiger partial charge in [-0.15, -0.1) is 0 Å². The van der Waals surface area contributed by atoms with Crippen LogP contribution >= 0.6 is 0 Å². The standard InChI is InChI=1S/C15H18F3N3O/c16-15(17,18)11-1-5-13(6-2-11)20-7-9-21(10-8-20)14(22)19-12-3-4-12/h1-2,5-6,12H,3-4,7-10H2,(H,19,22). The molecule has 1 aromatic carbocycles. The molecule has 2 aliphatic rings. The Bertz CT molecular complexity index is 532. The molecule has 1 heterocycles. The predicted molar refractivity (Wildman–Crippen MR) is 76.8 cm³/mol. The van der Waals surface area contributed by atoms with Crippen molar-refractivity contribution in [2.45, 2.75) is 25.1 Å². The number of rotatable bonds is 2. The first-order chi connectivity index (χ1) is 10.4. The van der Waals surface area contributed by atoms with Gasteiger partial charge in [0, 0.05) is 37.9 Å². The highest BCUT2D eigenvalue weighted by atomic mass is 19.4. The third kappa shape index (κ3) is 3.45. The number of anilines is 1. The Hall–Kier alpha value is -1.92. The van der Waals surface area contributed by atoms with Gasteiger partial charge in [-0.05, 0) is 37.1 Å². The Morgan fingerprint density at radius 3 is 2.14 bits per heavy atom. The normalized spacial score (nSPS) is 19.2. The van der Waals surface area contributed by atoms with Crippen LogP contribution in [0.2, 0.25) is 0 Å². The summed E-state index contributed by atoms with van der Waals surface area (Å²) in [5.74, 6) is 0. The number of piperazine rings is 1. The molecule has 22 heavy (non-hydrogen) atoms. The molecular weight excluding hydrogens is 295 g/mol. The summed E-state index contributed by atoms with van der Waals surface area (Å²) in [6, 6.07) is 5.48. The number of carbonyl (C=O) groups is 1. The average Bonchev–Trinajstić information content (AvgIpc) is 3.31. The Morgan fingerprint density at radius 1 is 1.05 bits per heavy atom. The number of nitrogens with zero attached hydrogens (tertiary/aromatic N) is 2. The van der Waals surface area contributed by atoms with Crippen LogP contribution in [0, 0.1) is 0 Å². The number of hydrogen-bond donors (Lipinski definition) is 1. The molecule has 0 unspecified atom stereocenters. The van der Waals surface area contributed by atoms with E-state index in [9.17, 15) is 18.0 Å². The summed E-state index contributed by atoms with van der Waals surface area (Å²) in [4.78, 5) is 15.7. The lowest BCUT2D eigenvalue weighted by Crippen LogP contribution is -2.52. The summed E-state index contributed by atoms with van der Waals surface area (Å²) in [5, 5.41) is 2.95. The predicted octanol–water partition coefficient (Wildman–Crippen LogP) is 2.70. The molecule has 1 saturated heterocycles. The molecule has 0 aromatic heterocycles. The Balaban J connectivity index is 1.55. The first kappa shape index (κ1) is 15.0. The molecule has 0 atom stereocenters. The van der Waals surface area contributed by atoms with E-state index in [4.69, 9.17) is 0 Å². The van der Waals surface area contributed by atoms with Gasteiger partial charge in [0.15, 0.2) is 0 Å². The number of alkyl halides is 3. The van der Waals surface area contributed by atoms with Crippen molar-refractivity contribution in [2.75, 3.05) is 31.1 Å². The van der Waals surface area contributed by atoms with Crippen LogP contribution in [0.15, 0.2) is 24.3 Å². The van der Waals surface area contributed by atoms with E-state index in [1.54, 1.807) is 4.90 Å². The summed E-state index contributed by atoms with van der Waals surface area (Å²) in [6.45, 7) is 2.42. The van der Waals surface area contributed by atoms with Crippen LogP contribution in [0.1, 0.15) is 18.4 Å². The molecule has 120 valence electrons. The van der Waals surface area contributed by atoms with Crippen molar-refractivity contribution in [1.82, 2.24) is 10.2 Å². The van der Waals surface area contributed by atoms with Crippen LogP contribution in [0.25, 0.3) is 0 Å². The molecule has 2 amide bonds. The summed E-state index contributed by atoms with van der Waals surface area (Å²) in [7, 11) is 0. The van der Waals surface area contributed by atoms with Crippen LogP contribution in [0.5, 0.6) is 0 Å². The van der Waals surface area contributed by atoms with Crippen molar-refractivity contribution in [2.24, 2.45) is 0 Å². The maximum atomic E-state index is 12.5. The van der Waals surface area contributed by atoms with Gasteiger partial charge in [-0.25, -0.2) is 4.79 Å². The fourth-order valence-electron chi connectivity index (χ4n) is 2.52. The number of amides is 2. The number of hydrogen-bond acceptors (Lipinski definition) is 2. The van der Waals surface area contributed by atoms with Gasteiger partial charge in [0.25, 0.3) is 0 Å². The lowest BCUT2D eigenvalue weighted by Gasteiger charge is -2.36. The summed E-state index contributed by atoms with van der Waals surface area (Å²) in [5.41, 5.74) is 0.119. The Labute approximate surface area is 126 Å². The van der Waals surface area contributed by atoms with Crippen molar-refractivity contribution >= 4 is 11.7 Å². The van der Waals surface area contributed by atoms with E-state index in [2.05, 4.69) is 5.32 Å². The van der Waals surface area contributed by atoms with E-state index in [0.29, 0.717) is 32.2 Å². The third-order valence-electron chi connectivity index (χ3n) is 4.03. The molecule has 4 nitrogen and oxygen atoms in total. The van der Waals surface area contributed by atoms with Crippen molar-refractivity contribution in [3.05, 3.63) is 29.8 Å². The van der Waals surface area contributed by atoms with E-state index in [1.807, 2.05) is 4.90 Å². The molecule has 1 N–H and O–H groups in total. The van der Waals surface area contributed by atoms with Gasteiger partial charge in [-0.1, -0.05) is 0 Å². The minimum Gasteiger partial charge on any atom is -0.368 e. The monoisotopic (exact) mass is 313 g/mol. The number of halogens is 3. The highest BCUT2D eigenvalue weighted by Crippen LogP contribution is 2.30. The Kier molecular flexibility index (Phi) is 3.88. The van der Waals surface area contributed by atoms with Gasteiger partial charge in [-0.2, -0.15) is 13.2 Å². The molecule has 2 fully saturated rings. The summed E-state index contributed by atoms with van der Waals surface area (Å²) >= 11 is 0. The zero-order chi connectivity index (χ0) is 15.7. The van der Waals surface area contributed by atoms with Crippen LogP contribution in [0.4, 0.5) is 23.7 Å². The second-order valence-electron chi connectivity index (χ2n) is 5.74. The second kappa shape index (κ2) is 5.70. The van der Waals surface area contributed by atoms with E-state index < -0.39 is 11.7 Å². The SMILES string of the molecule is O=C(NC1CC1)N1CCN(c2ccc(C(F)(F)F)cc2)CC1. The largest absolute Gasteiger partial charge is 0.416 e.